The number of nitrogens with one attached hydrogen (secondary N) is 1. The zero-order valence-corrected chi connectivity index (χ0v) is 9.81. The molecule has 2 aliphatic carbocycles. The van der Waals surface area contributed by atoms with Gasteiger partial charge in [0.25, 0.3) is 0 Å². The molecule has 86 valence electrons. The van der Waals surface area contributed by atoms with E-state index >= 15 is 0 Å². The monoisotopic (exact) mass is 210 g/mol. The smallest absolute Gasteiger partial charge is 0.237 e. The average Bonchev–Trinajstić information content (AvgIpc) is 2.92. The number of hydrogen-bond donors (Lipinski definition) is 2. The molecule has 2 aliphatic rings. The van der Waals surface area contributed by atoms with E-state index in [2.05, 4.69) is 19.2 Å². The Bertz CT molecular complexity index is 259. The molecular formula is C12H22N2O. The second-order valence-electron chi connectivity index (χ2n) is 6.03. The van der Waals surface area contributed by atoms with Crippen LogP contribution in [-0.4, -0.2) is 17.5 Å². The van der Waals surface area contributed by atoms with Crippen LogP contribution in [0.1, 0.15) is 52.4 Å². The second kappa shape index (κ2) is 3.48. The van der Waals surface area contributed by atoms with Gasteiger partial charge in [-0.15, -0.1) is 0 Å². The Labute approximate surface area is 91.8 Å². The van der Waals surface area contributed by atoms with Gasteiger partial charge in [0.1, 0.15) is 0 Å². The number of rotatable bonds is 3. The molecule has 2 fully saturated rings. The van der Waals surface area contributed by atoms with E-state index < -0.39 is 5.54 Å². The van der Waals surface area contributed by atoms with E-state index in [0.717, 1.165) is 25.7 Å². The molecule has 0 saturated heterocycles. The highest BCUT2D eigenvalue weighted by molar-refractivity contribution is 5.84. The lowest BCUT2D eigenvalue weighted by atomic mass is 9.69. The van der Waals surface area contributed by atoms with Crippen molar-refractivity contribution in [3.05, 3.63) is 0 Å². The van der Waals surface area contributed by atoms with Crippen molar-refractivity contribution in [2.75, 3.05) is 0 Å². The van der Waals surface area contributed by atoms with E-state index in [1.54, 1.807) is 0 Å². The van der Waals surface area contributed by atoms with Crippen molar-refractivity contribution in [3.8, 4) is 0 Å². The third kappa shape index (κ3) is 2.33. The van der Waals surface area contributed by atoms with E-state index in [0.29, 0.717) is 11.5 Å². The first kappa shape index (κ1) is 10.9. The van der Waals surface area contributed by atoms with Crippen molar-refractivity contribution in [1.29, 1.82) is 0 Å². The van der Waals surface area contributed by atoms with Gasteiger partial charge in [-0.3, -0.25) is 4.79 Å². The molecule has 0 aromatic rings. The number of hydrogen-bond acceptors (Lipinski definition) is 2. The van der Waals surface area contributed by atoms with E-state index in [1.165, 1.54) is 12.8 Å². The molecule has 0 atom stereocenters. The quantitative estimate of drug-likeness (QED) is 0.742. The van der Waals surface area contributed by atoms with E-state index in [-0.39, 0.29) is 5.91 Å². The highest BCUT2D eigenvalue weighted by atomic mass is 16.1. The Morgan fingerprint density at radius 3 is 2.13 bits per heavy atom. The molecule has 0 aromatic carbocycles. The maximum Gasteiger partial charge on any atom is 0.237 e. The first-order chi connectivity index (χ1) is 6.94. The highest BCUT2D eigenvalue weighted by Crippen LogP contribution is 2.41. The Balaban J connectivity index is 2.04. The Morgan fingerprint density at radius 1 is 1.20 bits per heavy atom. The van der Waals surface area contributed by atoms with Crippen LogP contribution >= 0.6 is 0 Å². The first-order valence-corrected chi connectivity index (χ1v) is 6.01. The SMILES string of the molecule is CC1(C)CCC(NC2CC2)(C(N)=O)CC1. The molecular weight excluding hydrogens is 188 g/mol. The third-order valence-electron chi connectivity index (χ3n) is 3.99. The maximum atomic E-state index is 11.6. The van der Waals surface area contributed by atoms with Crippen molar-refractivity contribution in [2.24, 2.45) is 11.1 Å². The van der Waals surface area contributed by atoms with Gasteiger partial charge in [0.2, 0.25) is 5.91 Å². The van der Waals surface area contributed by atoms with Gasteiger partial charge < -0.3 is 11.1 Å². The molecule has 2 rings (SSSR count). The van der Waals surface area contributed by atoms with Crippen LogP contribution < -0.4 is 11.1 Å². The molecule has 0 spiro atoms. The zero-order valence-electron chi connectivity index (χ0n) is 9.81. The summed E-state index contributed by atoms with van der Waals surface area (Å²) in [5.41, 5.74) is 5.55. The summed E-state index contributed by atoms with van der Waals surface area (Å²) in [7, 11) is 0. The standard InChI is InChI=1S/C12H22N2O/c1-11(2)5-7-12(8-6-11,10(13)15)14-9-3-4-9/h9,14H,3-8H2,1-2H3,(H2,13,15). The van der Waals surface area contributed by atoms with Crippen LogP contribution in [0.15, 0.2) is 0 Å². The fourth-order valence-corrected chi connectivity index (χ4v) is 2.43. The summed E-state index contributed by atoms with van der Waals surface area (Å²) in [4.78, 5) is 11.6. The molecule has 0 bridgehead atoms. The van der Waals surface area contributed by atoms with Gasteiger partial charge in [-0.2, -0.15) is 0 Å². The van der Waals surface area contributed by atoms with E-state index in [4.69, 9.17) is 5.73 Å². The van der Waals surface area contributed by atoms with Gasteiger partial charge in [0.15, 0.2) is 0 Å². The molecule has 0 heterocycles. The number of carbonyl (C=O) groups is 1. The lowest BCUT2D eigenvalue weighted by Crippen LogP contribution is -2.58. The highest BCUT2D eigenvalue weighted by Gasteiger charge is 2.45. The normalized spacial score (nSPS) is 28.7. The van der Waals surface area contributed by atoms with Gasteiger partial charge in [0.05, 0.1) is 5.54 Å². The molecule has 0 aliphatic heterocycles. The largest absolute Gasteiger partial charge is 0.368 e. The molecule has 0 radical (unpaired) electrons. The Hall–Kier alpha value is -0.570. The van der Waals surface area contributed by atoms with Gasteiger partial charge in [-0.25, -0.2) is 0 Å². The second-order valence-corrected chi connectivity index (χ2v) is 6.03. The molecule has 1 amide bonds. The van der Waals surface area contributed by atoms with Crippen LogP contribution in [0, 0.1) is 5.41 Å². The molecule has 2 saturated carbocycles. The lowest BCUT2D eigenvalue weighted by Gasteiger charge is -2.42. The van der Waals surface area contributed by atoms with Crippen molar-refractivity contribution in [3.63, 3.8) is 0 Å². The predicted octanol–water partition coefficient (Wildman–Crippen LogP) is 1.56. The summed E-state index contributed by atoms with van der Waals surface area (Å²) in [6.07, 6.45) is 6.42. The minimum absolute atomic E-state index is 0.148. The van der Waals surface area contributed by atoms with Crippen molar-refractivity contribution >= 4 is 5.91 Å². The maximum absolute atomic E-state index is 11.6. The van der Waals surface area contributed by atoms with E-state index in [1.807, 2.05) is 0 Å². The Kier molecular flexibility index (Phi) is 2.53. The summed E-state index contributed by atoms with van der Waals surface area (Å²) < 4.78 is 0. The number of nitrogens with two attached hydrogens (primary N) is 1. The van der Waals surface area contributed by atoms with Crippen LogP contribution in [0.4, 0.5) is 0 Å². The van der Waals surface area contributed by atoms with Crippen molar-refractivity contribution in [2.45, 2.75) is 64.0 Å². The van der Waals surface area contributed by atoms with Gasteiger partial charge >= 0.3 is 0 Å². The van der Waals surface area contributed by atoms with Gasteiger partial charge in [-0.05, 0) is 43.9 Å². The average molecular weight is 210 g/mol. The molecule has 3 heteroatoms. The topological polar surface area (TPSA) is 55.1 Å². The summed E-state index contributed by atoms with van der Waals surface area (Å²) in [5.74, 6) is -0.148. The van der Waals surface area contributed by atoms with E-state index in [9.17, 15) is 4.79 Å². The lowest BCUT2D eigenvalue weighted by molar-refractivity contribution is -0.126. The molecule has 0 aromatic heterocycles. The fraction of sp³-hybridized carbons (Fsp3) is 0.917. The van der Waals surface area contributed by atoms with Crippen LogP contribution in [0.2, 0.25) is 0 Å². The fourth-order valence-electron chi connectivity index (χ4n) is 2.43. The number of primary amides is 1. The zero-order chi connectivity index (χ0) is 11.1. The Morgan fingerprint density at radius 2 is 1.73 bits per heavy atom. The molecule has 0 unspecified atom stereocenters. The first-order valence-electron chi connectivity index (χ1n) is 6.01. The summed E-state index contributed by atoms with van der Waals surface area (Å²) in [6, 6.07) is 0.554. The summed E-state index contributed by atoms with van der Waals surface area (Å²) >= 11 is 0. The minimum Gasteiger partial charge on any atom is -0.368 e. The van der Waals surface area contributed by atoms with Crippen LogP contribution in [0.25, 0.3) is 0 Å². The number of amides is 1. The van der Waals surface area contributed by atoms with Crippen LogP contribution in [0.5, 0.6) is 0 Å². The molecule has 3 nitrogen and oxygen atoms in total. The predicted molar refractivity (Wildman–Crippen MR) is 60.3 cm³/mol. The van der Waals surface area contributed by atoms with Crippen molar-refractivity contribution in [1.82, 2.24) is 5.32 Å². The minimum atomic E-state index is -0.392. The number of carbonyl (C=O) groups excluding carboxylic acids is 1. The molecule has 15 heavy (non-hydrogen) atoms. The van der Waals surface area contributed by atoms with Crippen LogP contribution in [0.3, 0.4) is 0 Å². The molecule has 3 N–H and O–H groups in total. The van der Waals surface area contributed by atoms with Crippen LogP contribution in [-0.2, 0) is 4.79 Å². The van der Waals surface area contributed by atoms with Gasteiger partial charge in [-0.1, -0.05) is 13.8 Å². The third-order valence-corrected chi connectivity index (χ3v) is 3.99. The van der Waals surface area contributed by atoms with Gasteiger partial charge in [0, 0.05) is 6.04 Å². The van der Waals surface area contributed by atoms with Crippen molar-refractivity contribution < 1.29 is 4.79 Å². The summed E-state index contributed by atoms with van der Waals surface area (Å²) in [5, 5.41) is 3.47. The summed E-state index contributed by atoms with van der Waals surface area (Å²) in [6.45, 7) is 4.55.